The van der Waals surface area contributed by atoms with Crippen molar-refractivity contribution in [2.75, 3.05) is 15.9 Å². The molecule has 1 amide bonds. The Hall–Kier alpha value is -2.65. The van der Waals surface area contributed by atoms with Crippen LogP contribution >= 0.6 is 11.6 Å². The van der Waals surface area contributed by atoms with Gasteiger partial charge in [-0.25, -0.2) is 8.42 Å². The third kappa shape index (κ3) is 5.18. The van der Waals surface area contributed by atoms with Gasteiger partial charge >= 0.3 is 0 Å². The summed E-state index contributed by atoms with van der Waals surface area (Å²) in [6.07, 6.45) is 1.10. The van der Waals surface area contributed by atoms with E-state index in [4.69, 9.17) is 11.6 Å². The number of nitrogens with zero attached hydrogens (tertiary/aromatic N) is 2. The number of anilines is 2. The maximum Gasteiger partial charge on any atom is 0.271 e. The van der Waals surface area contributed by atoms with E-state index in [1.165, 1.54) is 24.3 Å². The SMILES string of the molecule is CC[C@H](C(=O)Nc1cccc(Cl)c1)N(c1cccc([N+](=O)[O-])c1)S(C)(=O)=O. The molecule has 0 aliphatic heterocycles. The van der Waals surface area contributed by atoms with Crippen molar-refractivity contribution in [3.8, 4) is 0 Å². The number of non-ortho nitro benzene ring substituents is 1. The van der Waals surface area contributed by atoms with Gasteiger partial charge in [-0.15, -0.1) is 0 Å². The Labute approximate surface area is 162 Å². The van der Waals surface area contributed by atoms with Gasteiger partial charge < -0.3 is 5.32 Å². The van der Waals surface area contributed by atoms with E-state index in [2.05, 4.69) is 5.32 Å². The lowest BCUT2D eigenvalue weighted by Crippen LogP contribution is -2.47. The van der Waals surface area contributed by atoms with Gasteiger partial charge in [-0.05, 0) is 30.7 Å². The fourth-order valence-corrected chi connectivity index (χ4v) is 3.99. The van der Waals surface area contributed by atoms with Gasteiger partial charge in [-0.3, -0.25) is 19.2 Å². The highest BCUT2D eigenvalue weighted by atomic mass is 35.5. The van der Waals surface area contributed by atoms with Crippen LogP contribution in [0.1, 0.15) is 13.3 Å². The van der Waals surface area contributed by atoms with Crippen LogP contribution in [-0.4, -0.2) is 31.5 Å². The largest absolute Gasteiger partial charge is 0.324 e. The number of hydrogen-bond acceptors (Lipinski definition) is 5. The van der Waals surface area contributed by atoms with Crippen molar-refractivity contribution < 1.29 is 18.1 Å². The van der Waals surface area contributed by atoms with Gasteiger partial charge in [-0.2, -0.15) is 0 Å². The number of carbonyl (C=O) groups excluding carboxylic acids is 1. The molecular formula is C17H18ClN3O5S. The summed E-state index contributed by atoms with van der Waals surface area (Å²) in [6.45, 7) is 1.65. The average molecular weight is 412 g/mol. The first kappa shape index (κ1) is 20.7. The zero-order chi connectivity index (χ0) is 20.2. The van der Waals surface area contributed by atoms with Crippen LogP contribution in [0, 0.1) is 10.1 Å². The number of amides is 1. The topological polar surface area (TPSA) is 110 Å². The minimum Gasteiger partial charge on any atom is -0.324 e. The lowest BCUT2D eigenvalue weighted by Gasteiger charge is -2.30. The molecule has 0 aliphatic rings. The Morgan fingerprint density at radius 1 is 1.26 bits per heavy atom. The second-order valence-electron chi connectivity index (χ2n) is 5.76. The first-order valence-corrected chi connectivity index (χ1v) is 10.2. The summed E-state index contributed by atoms with van der Waals surface area (Å²) in [5, 5.41) is 14.1. The van der Waals surface area contributed by atoms with Crippen LogP contribution in [0.2, 0.25) is 5.02 Å². The highest BCUT2D eigenvalue weighted by Crippen LogP contribution is 2.27. The molecule has 0 heterocycles. The van der Waals surface area contributed by atoms with Gasteiger partial charge in [0.15, 0.2) is 0 Å². The number of hydrogen-bond donors (Lipinski definition) is 1. The molecule has 0 saturated heterocycles. The summed E-state index contributed by atoms with van der Waals surface area (Å²) >= 11 is 5.90. The molecule has 0 fully saturated rings. The number of halogens is 1. The first-order chi connectivity index (χ1) is 12.6. The van der Waals surface area contributed by atoms with Crippen molar-refractivity contribution in [2.24, 2.45) is 0 Å². The monoisotopic (exact) mass is 411 g/mol. The first-order valence-electron chi connectivity index (χ1n) is 7.93. The molecule has 2 rings (SSSR count). The van der Waals surface area contributed by atoms with Crippen molar-refractivity contribution in [2.45, 2.75) is 19.4 Å². The summed E-state index contributed by atoms with van der Waals surface area (Å²) in [4.78, 5) is 23.1. The fraction of sp³-hybridized carbons (Fsp3) is 0.235. The molecule has 1 N–H and O–H groups in total. The van der Waals surface area contributed by atoms with Crippen LogP contribution in [0.3, 0.4) is 0 Å². The van der Waals surface area contributed by atoms with Crippen molar-refractivity contribution >= 4 is 44.6 Å². The van der Waals surface area contributed by atoms with Crippen LogP contribution < -0.4 is 9.62 Å². The zero-order valence-electron chi connectivity index (χ0n) is 14.6. The second kappa shape index (κ2) is 8.36. The molecule has 0 aliphatic carbocycles. The zero-order valence-corrected chi connectivity index (χ0v) is 16.2. The Morgan fingerprint density at radius 3 is 2.48 bits per heavy atom. The number of benzene rings is 2. The summed E-state index contributed by atoms with van der Waals surface area (Å²) in [5.74, 6) is -0.573. The van der Waals surface area contributed by atoms with Crippen LogP contribution in [0.5, 0.6) is 0 Å². The van der Waals surface area contributed by atoms with E-state index in [9.17, 15) is 23.3 Å². The highest BCUT2D eigenvalue weighted by molar-refractivity contribution is 7.92. The van der Waals surface area contributed by atoms with E-state index in [1.807, 2.05) is 0 Å². The van der Waals surface area contributed by atoms with E-state index in [-0.39, 0.29) is 17.8 Å². The Balaban J connectivity index is 2.43. The van der Waals surface area contributed by atoms with Crippen LogP contribution in [0.15, 0.2) is 48.5 Å². The van der Waals surface area contributed by atoms with Crippen molar-refractivity contribution in [3.63, 3.8) is 0 Å². The molecule has 0 spiro atoms. The third-order valence-electron chi connectivity index (χ3n) is 3.72. The van der Waals surface area contributed by atoms with Gasteiger partial charge in [0.05, 0.1) is 16.9 Å². The lowest BCUT2D eigenvalue weighted by molar-refractivity contribution is -0.384. The van der Waals surface area contributed by atoms with E-state index < -0.39 is 26.9 Å². The number of nitro groups is 1. The minimum atomic E-state index is -3.89. The van der Waals surface area contributed by atoms with Crippen LogP contribution in [0.25, 0.3) is 0 Å². The van der Waals surface area contributed by atoms with Gasteiger partial charge in [0.2, 0.25) is 15.9 Å². The fourth-order valence-electron chi connectivity index (χ4n) is 2.60. The molecule has 0 saturated carbocycles. The Morgan fingerprint density at radius 2 is 1.93 bits per heavy atom. The summed E-state index contributed by atoms with van der Waals surface area (Å²) in [7, 11) is -3.89. The average Bonchev–Trinajstić information content (AvgIpc) is 2.58. The maximum absolute atomic E-state index is 12.7. The molecule has 10 heteroatoms. The van der Waals surface area contributed by atoms with E-state index in [1.54, 1.807) is 25.1 Å². The molecule has 1 atom stereocenters. The predicted octanol–water partition coefficient (Wildman–Crippen LogP) is 3.43. The van der Waals surface area contributed by atoms with E-state index in [0.717, 1.165) is 16.6 Å². The van der Waals surface area contributed by atoms with Crippen LogP contribution in [-0.2, 0) is 14.8 Å². The normalized spacial score (nSPS) is 12.3. The number of rotatable bonds is 7. The smallest absolute Gasteiger partial charge is 0.271 e. The van der Waals surface area contributed by atoms with Gasteiger partial charge in [0, 0.05) is 22.8 Å². The second-order valence-corrected chi connectivity index (χ2v) is 8.06. The van der Waals surface area contributed by atoms with Crippen LogP contribution in [0.4, 0.5) is 17.1 Å². The molecule has 0 unspecified atom stereocenters. The van der Waals surface area contributed by atoms with Crippen molar-refractivity contribution in [1.29, 1.82) is 0 Å². The summed E-state index contributed by atoms with van der Waals surface area (Å²) < 4.78 is 25.6. The molecule has 8 nitrogen and oxygen atoms in total. The molecule has 2 aromatic carbocycles. The molecule has 0 radical (unpaired) electrons. The highest BCUT2D eigenvalue weighted by Gasteiger charge is 2.32. The summed E-state index contributed by atoms with van der Waals surface area (Å²) in [5.41, 5.74) is 0.185. The number of sulfonamides is 1. The Kier molecular flexibility index (Phi) is 6.40. The number of nitrogens with one attached hydrogen (secondary N) is 1. The van der Waals surface area contributed by atoms with Crippen molar-refractivity contribution in [3.05, 3.63) is 63.7 Å². The number of carbonyl (C=O) groups is 1. The quantitative estimate of drug-likeness (QED) is 0.554. The van der Waals surface area contributed by atoms with E-state index >= 15 is 0 Å². The van der Waals surface area contributed by atoms with Gasteiger partial charge in [0.1, 0.15) is 6.04 Å². The molecule has 0 aromatic heterocycles. The predicted molar refractivity (Wildman–Crippen MR) is 105 cm³/mol. The van der Waals surface area contributed by atoms with E-state index in [0.29, 0.717) is 10.7 Å². The molecule has 0 bridgehead atoms. The van der Waals surface area contributed by atoms with Gasteiger partial charge in [0.25, 0.3) is 5.69 Å². The maximum atomic E-state index is 12.7. The molecule has 2 aromatic rings. The lowest BCUT2D eigenvalue weighted by atomic mass is 10.1. The third-order valence-corrected chi connectivity index (χ3v) is 5.13. The molecule has 27 heavy (non-hydrogen) atoms. The minimum absolute atomic E-state index is 0.0415. The Bertz CT molecular complexity index is 965. The molecular weight excluding hydrogens is 394 g/mol. The number of nitro benzene ring substituents is 1. The summed E-state index contributed by atoms with van der Waals surface area (Å²) in [6, 6.07) is 10.5. The standard InChI is InChI=1S/C17H18ClN3O5S/c1-3-16(17(22)19-13-7-4-6-12(18)10-13)20(27(2,25)26)14-8-5-9-15(11-14)21(23)24/h4-11,16H,3H2,1-2H3,(H,19,22)/t16-/m1/s1. The van der Waals surface area contributed by atoms with Crippen molar-refractivity contribution in [1.82, 2.24) is 0 Å². The molecule has 144 valence electrons. The van der Waals surface area contributed by atoms with Gasteiger partial charge in [-0.1, -0.05) is 30.7 Å².